The third-order valence-corrected chi connectivity index (χ3v) is 3.52. The van der Waals surface area contributed by atoms with Crippen molar-refractivity contribution in [2.75, 3.05) is 5.32 Å². The summed E-state index contributed by atoms with van der Waals surface area (Å²) in [5.74, 6) is -0.219. The van der Waals surface area contributed by atoms with Crippen LogP contribution in [0.4, 0.5) is 11.4 Å². The molecule has 0 bridgehead atoms. The molecule has 0 spiro atoms. The first-order valence-electron chi connectivity index (χ1n) is 6.91. The molecule has 4 rings (SSSR count). The minimum absolute atomic E-state index is 0.219. The van der Waals surface area contributed by atoms with Gasteiger partial charge in [0.25, 0.3) is 5.91 Å². The number of amides is 1. The van der Waals surface area contributed by atoms with Crippen molar-refractivity contribution in [3.05, 3.63) is 77.9 Å². The number of hydrogen-bond acceptors (Lipinski definition) is 3. The molecule has 3 aromatic rings. The Morgan fingerprint density at radius 2 is 1.68 bits per heavy atom. The van der Waals surface area contributed by atoms with Crippen LogP contribution in [0.25, 0.3) is 0 Å². The summed E-state index contributed by atoms with van der Waals surface area (Å²) in [5.41, 5.74) is 3.96. The molecule has 5 nitrogen and oxygen atoms in total. The quantitative estimate of drug-likeness (QED) is 0.722. The largest absolute Gasteiger partial charge is 0.340 e. The van der Waals surface area contributed by atoms with E-state index in [2.05, 4.69) is 15.3 Å². The van der Waals surface area contributed by atoms with E-state index in [-0.39, 0.29) is 5.91 Å². The number of imidazole rings is 1. The van der Waals surface area contributed by atoms with Gasteiger partial charge >= 0.3 is 0 Å². The Morgan fingerprint density at radius 1 is 0.909 bits per heavy atom. The fourth-order valence-electron chi connectivity index (χ4n) is 2.48. The van der Waals surface area contributed by atoms with Crippen molar-refractivity contribution in [2.24, 2.45) is 4.99 Å². The van der Waals surface area contributed by atoms with E-state index in [9.17, 15) is 4.79 Å². The fourth-order valence-corrected chi connectivity index (χ4v) is 2.48. The number of aromatic amines is 1. The predicted molar refractivity (Wildman–Crippen MR) is 84.7 cm³/mol. The van der Waals surface area contributed by atoms with Gasteiger partial charge in [-0.3, -0.25) is 4.79 Å². The van der Waals surface area contributed by atoms with Gasteiger partial charge in [0, 0.05) is 5.56 Å². The van der Waals surface area contributed by atoms with Gasteiger partial charge in [0.15, 0.2) is 0 Å². The summed E-state index contributed by atoms with van der Waals surface area (Å²) in [6.45, 7) is 0. The number of fused-ring (bicyclic) bond motifs is 2. The highest BCUT2D eigenvalue weighted by molar-refractivity contribution is 6.20. The minimum atomic E-state index is -0.219. The average molecular weight is 288 g/mol. The number of rotatable bonds is 1. The molecule has 0 aliphatic carbocycles. The molecule has 1 amide bonds. The first kappa shape index (κ1) is 12.5. The molecule has 1 aliphatic rings. The number of carbonyl (C=O) groups is 1. The van der Waals surface area contributed by atoms with Crippen molar-refractivity contribution < 1.29 is 4.79 Å². The van der Waals surface area contributed by atoms with E-state index in [0.717, 1.165) is 5.56 Å². The Morgan fingerprint density at radius 3 is 2.55 bits per heavy atom. The summed E-state index contributed by atoms with van der Waals surface area (Å²) >= 11 is 0. The van der Waals surface area contributed by atoms with E-state index >= 15 is 0 Å². The Bertz CT molecular complexity index is 880. The summed E-state index contributed by atoms with van der Waals surface area (Å²) in [4.78, 5) is 24.4. The van der Waals surface area contributed by atoms with E-state index in [4.69, 9.17) is 4.99 Å². The molecule has 1 aliphatic heterocycles. The number of nitrogens with zero attached hydrogens (tertiary/aromatic N) is 2. The van der Waals surface area contributed by atoms with Crippen LogP contribution in [-0.4, -0.2) is 21.6 Å². The van der Waals surface area contributed by atoms with E-state index in [0.29, 0.717) is 28.5 Å². The molecule has 2 N–H and O–H groups in total. The lowest BCUT2D eigenvalue weighted by atomic mass is 10.0. The lowest BCUT2D eigenvalue weighted by Gasteiger charge is -2.14. The maximum absolute atomic E-state index is 12.4. The van der Waals surface area contributed by atoms with Crippen LogP contribution in [0.2, 0.25) is 0 Å². The zero-order valence-electron chi connectivity index (χ0n) is 11.6. The number of aromatic nitrogens is 2. The van der Waals surface area contributed by atoms with Gasteiger partial charge in [-0.25, -0.2) is 9.98 Å². The maximum Gasteiger partial charge on any atom is 0.274 e. The first-order valence-corrected chi connectivity index (χ1v) is 6.91. The van der Waals surface area contributed by atoms with Gasteiger partial charge in [-0.15, -0.1) is 0 Å². The molecule has 2 aromatic carbocycles. The lowest BCUT2D eigenvalue weighted by molar-refractivity contribution is 0.102. The zero-order valence-corrected chi connectivity index (χ0v) is 11.6. The van der Waals surface area contributed by atoms with E-state index < -0.39 is 0 Å². The first-order chi connectivity index (χ1) is 10.8. The standard InChI is InChI=1S/C17H12N4O/c22-17-16-15(18-10-19-16)14(11-6-2-1-3-7-11)20-12-8-4-5-9-13(12)21-17/h1-10H,(H,18,19)(H,21,22). The van der Waals surface area contributed by atoms with Crippen molar-refractivity contribution in [3.63, 3.8) is 0 Å². The molecule has 0 radical (unpaired) electrons. The molecule has 2 heterocycles. The molecule has 0 atom stereocenters. The van der Waals surface area contributed by atoms with Crippen LogP contribution in [-0.2, 0) is 0 Å². The molecular weight excluding hydrogens is 276 g/mol. The molecule has 0 unspecified atom stereocenters. The highest BCUT2D eigenvalue weighted by Gasteiger charge is 2.23. The highest BCUT2D eigenvalue weighted by atomic mass is 16.1. The summed E-state index contributed by atoms with van der Waals surface area (Å²) in [6.07, 6.45) is 1.51. The third-order valence-electron chi connectivity index (χ3n) is 3.52. The van der Waals surface area contributed by atoms with Crippen molar-refractivity contribution in [1.82, 2.24) is 9.97 Å². The van der Waals surface area contributed by atoms with Crippen LogP contribution in [0, 0.1) is 0 Å². The van der Waals surface area contributed by atoms with E-state index in [1.807, 2.05) is 54.6 Å². The van der Waals surface area contributed by atoms with Crippen molar-refractivity contribution in [3.8, 4) is 0 Å². The summed E-state index contributed by atoms with van der Waals surface area (Å²) < 4.78 is 0. The summed E-state index contributed by atoms with van der Waals surface area (Å²) in [6, 6.07) is 17.2. The van der Waals surface area contributed by atoms with E-state index in [1.54, 1.807) is 0 Å². The molecule has 0 fully saturated rings. The molecular formula is C17H12N4O. The van der Waals surface area contributed by atoms with Crippen LogP contribution in [0.5, 0.6) is 0 Å². The molecule has 22 heavy (non-hydrogen) atoms. The maximum atomic E-state index is 12.4. The van der Waals surface area contributed by atoms with Crippen molar-refractivity contribution >= 4 is 23.0 Å². The number of aliphatic imine (C=N–C) groups is 1. The number of para-hydroxylation sites is 2. The number of carbonyl (C=O) groups excluding carboxylic acids is 1. The Balaban J connectivity index is 2.01. The van der Waals surface area contributed by atoms with Gasteiger partial charge in [0.05, 0.1) is 23.4 Å². The average Bonchev–Trinajstić information content (AvgIpc) is 3.02. The highest BCUT2D eigenvalue weighted by Crippen LogP contribution is 2.29. The van der Waals surface area contributed by atoms with Gasteiger partial charge in [-0.1, -0.05) is 42.5 Å². The summed E-state index contributed by atoms with van der Waals surface area (Å²) in [5, 5.41) is 2.86. The van der Waals surface area contributed by atoms with Gasteiger partial charge < -0.3 is 10.3 Å². The van der Waals surface area contributed by atoms with Crippen molar-refractivity contribution in [1.29, 1.82) is 0 Å². The van der Waals surface area contributed by atoms with Gasteiger partial charge in [0.2, 0.25) is 0 Å². The molecule has 0 saturated carbocycles. The normalized spacial score (nSPS) is 13.3. The van der Waals surface area contributed by atoms with Crippen LogP contribution >= 0.6 is 0 Å². The van der Waals surface area contributed by atoms with Crippen LogP contribution in [0.3, 0.4) is 0 Å². The van der Waals surface area contributed by atoms with Gasteiger partial charge in [0.1, 0.15) is 11.4 Å². The van der Waals surface area contributed by atoms with Crippen LogP contribution < -0.4 is 5.32 Å². The summed E-state index contributed by atoms with van der Waals surface area (Å²) in [7, 11) is 0. The van der Waals surface area contributed by atoms with Gasteiger partial charge in [-0.2, -0.15) is 0 Å². The Kier molecular flexibility index (Phi) is 2.83. The molecule has 0 saturated heterocycles. The minimum Gasteiger partial charge on any atom is -0.340 e. The van der Waals surface area contributed by atoms with Crippen LogP contribution in [0.15, 0.2) is 65.9 Å². The topological polar surface area (TPSA) is 70.1 Å². The van der Waals surface area contributed by atoms with E-state index in [1.165, 1.54) is 6.33 Å². The van der Waals surface area contributed by atoms with Gasteiger partial charge in [-0.05, 0) is 12.1 Å². The number of nitrogens with one attached hydrogen (secondary N) is 2. The third kappa shape index (κ3) is 2.00. The lowest BCUT2D eigenvalue weighted by Crippen LogP contribution is -2.19. The second-order valence-electron chi connectivity index (χ2n) is 4.92. The number of anilines is 1. The predicted octanol–water partition coefficient (Wildman–Crippen LogP) is 3.14. The Labute approximate surface area is 126 Å². The zero-order chi connectivity index (χ0) is 14.9. The molecule has 5 heteroatoms. The smallest absolute Gasteiger partial charge is 0.274 e. The number of hydrogen-bond donors (Lipinski definition) is 2. The second-order valence-corrected chi connectivity index (χ2v) is 4.92. The number of H-pyrrole nitrogens is 1. The molecule has 106 valence electrons. The van der Waals surface area contributed by atoms with Crippen molar-refractivity contribution in [2.45, 2.75) is 0 Å². The fraction of sp³-hybridized carbons (Fsp3) is 0. The number of benzene rings is 2. The second kappa shape index (κ2) is 4.96. The molecule has 1 aromatic heterocycles. The van der Waals surface area contributed by atoms with Crippen LogP contribution in [0.1, 0.15) is 21.7 Å². The monoisotopic (exact) mass is 288 g/mol. The SMILES string of the molecule is O=C1Nc2ccccc2N=C(c2ccccc2)c2nc[nH]c21. The Hall–Kier alpha value is -3.21.